The zero-order chi connectivity index (χ0) is 32.3. The molecular weight excluding hydrogens is 566 g/mol. The second-order valence-electron chi connectivity index (χ2n) is 12.5. The van der Waals surface area contributed by atoms with Crippen molar-refractivity contribution in [3.63, 3.8) is 0 Å². The third-order valence-corrected chi connectivity index (χ3v) is 7.85. The SMILES string of the molecule is CC(C)(CNC(=O)CN(CC(C)(C)c1ccccc1)C(=O)C(Cc1cnc[nH]1)NC(=O)OCc1ccccc1)c1ccccc1. The fraction of sp³-hybridized carbons (Fsp3) is 0.333. The highest BCUT2D eigenvalue weighted by atomic mass is 16.5. The summed E-state index contributed by atoms with van der Waals surface area (Å²) in [6.45, 7) is 8.70. The Labute approximate surface area is 265 Å². The number of nitrogens with zero attached hydrogens (tertiary/aromatic N) is 2. The van der Waals surface area contributed by atoms with Crippen LogP contribution in [-0.4, -0.2) is 58.5 Å². The maximum Gasteiger partial charge on any atom is 0.408 e. The summed E-state index contributed by atoms with van der Waals surface area (Å²) in [5.74, 6) is -0.689. The summed E-state index contributed by atoms with van der Waals surface area (Å²) in [5.41, 5.74) is 2.79. The third-order valence-electron chi connectivity index (χ3n) is 7.85. The number of benzene rings is 3. The van der Waals surface area contributed by atoms with E-state index >= 15 is 0 Å². The highest BCUT2D eigenvalue weighted by Gasteiger charge is 2.33. The predicted octanol–water partition coefficient (Wildman–Crippen LogP) is 5.15. The number of carbonyl (C=O) groups is 3. The molecule has 1 aromatic heterocycles. The number of alkyl carbamates (subject to hydrolysis) is 1. The first-order valence-electron chi connectivity index (χ1n) is 15.1. The van der Waals surface area contributed by atoms with E-state index in [-0.39, 0.29) is 37.4 Å². The lowest BCUT2D eigenvalue weighted by Crippen LogP contribution is -2.55. The van der Waals surface area contributed by atoms with Crippen LogP contribution < -0.4 is 10.6 Å². The number of aromatic amines is 1. The molecule has 236 valence electrons. The van der Waals surface area contributed by atoms with Gasteiger partial charge in [0, 0.05) is 42.2 Å². The van der Waals surface area contributed by atoms with Gasteiger partial charge in [0.2, 0.25) is 11.8 Å². The molecule has 3 aromatic carbocycles. The average molecular weight is 610 g/mol. The summed E-state index contributed by atoms with van der Waals surface area (Å²) in [6, 6.07) is 28.1. The van der Waals surface area contributed by atoms with Gasteiger partial charge in [-0.05, 0) is 16.7 Å². The molecule has 0 radical (unpaired) electrons. The largest absolute Gasteiger partial charge is 0.445 e. The monoisotopic (exact) mass is 609 g/mol. The fourth-order valence-electron chi connectivity index (χ4n) is 5.15. The van der Waals surface area contributed by atoms with Crippen molar-refractivity contribution in [3.8, 4) is 0 Å². The number of nitrogens with one attached hydrogen (secondary N) is 3. The van der Waals surface area contributed by atoms with Gasteiger partial charge in [0.25, 0.3) is 0 Å². The Hall–Kier alpha value is -4.92. The van der Waals surface area contributed by atoms with Crippen LogP contribution in [0.1, 0.15) is 50.1 Å². The zero-order valence-corrected chi connectivity index (χ0v) is 26.5. The first-order valence-corrected chi connectivity index (χ1v) is 15.1. The molecule has 9 nitrogen and oxygen atoms in total. The maximum absolute atomic E-state index is 14.3. The minimum Gasteiger partial charge on any atom is -0.445 e. The molecule has 9 heteroatoms. The zero-order valence-electron chi connectivity index (χ0n) is 26.5. The number of aromatic nitrogens is 2. The van der Waals surface area contributed by atoms with Gasteiger partial charge >= 0.3 is 6.09 Å². The van der Waals surface area contributed by atoms with E-state index in [4.69, 9.17) is 4.74 Å². The molecule has 0 saturated carbocycles. The summed E-state index contributed by atoms with van der Waals surface area (Å²) >= 11 is 0. The van der Waals surface area contributed by atoms with Crippen LogP contribution in [0, 0.1) is 0 Å². The molecule has 0 spiro atoms. The lowest BCUT2D eigenvalue weighted by Gasteiger charge is -2.35. The summed E-state index contributed by atoms with van der Waals surface area (Å²) < 4.78 is 5.45. The molecule has 4 aromatic rings. The van der Waals surface area contributed by atoms with Crippen molar-refractivity contribution in [3.05, 3.63) is 126 Å². The Morgan fingerprint density at radius 2 is 1.42 bits per heavy atom. The summed E-state index contributed by atoms with van der Waals surface area (Å²) in [4.78, 5) is 49.3. The molecule has 1 atom stereocenters. The second-order valence-corrected chi connectivity index (χ2v) is 12.5. The molecule has 3 N–H and O–H groups in total. The van der Waals surface area contributed by atoms with Gasteiger partial charge in [0.1, 0.15) is 12.6 Å². The first-order chi connectivity index (χ1) is 21.5. The van der Waals surface area contributed by atoms with Gasteiger partial charge in [-0.3, -0.25) is 9.59 Å². The van der Waals surface area contributed by atoms with E-state index in [1.807, 2.05) is 105 Å². The van der Waals surface area contributed by atoms with Crippen molar-refractivity contribution in [2.24, 2.45) is 0 Å². The van der Waals surface area contributed by atoms with Gasteiger partial charge in [-0.25, -0.2) is 9.78 Å². The summed E-state index contributed by atoms with van der Waals surface area (Å²) in [7, 11) is 0. The average Bonchev–Trinajstić information content (AvgIpc) is 3.56. The van der Waals surface area contributed by atoms with Crippen molar-refractivity contribution >= 4 is 17.9 Å². The lowest BCUT2D eigenvalue weighted by atomic mass is 9.84. The molecule has 1 unspecified atom stereocenters. The molecule has 0 saturated heterocycles. The van der Waals surface area contributed by atoms with E-state index < -0.39 is 23.5 Å². The van der Waals surface area contributed by atoms with Crippen LogP contribution in [0.2, 0.25) is 0 Å². The number of imidazole rings is 1. The van der Waals surface area contributed by atoms with Crippen LogP contribution in [0.25, 0.3) is 0 Å². The minimum absolute atomic E-state index is 0.0575. The highest BCUT2D eigenvalue weighted by molar-refractivity contribution is 5.90. The van der Waals surface area contributed by atoms with E-state index in [0.717, 1.165) is 16.7 Å². The molecular formula is C36H43N5O4. The summed E-state index contributed by atoms with van der Waals surface area (Å²) in [6.07, 6.45) is 2.54. The van der Waals surface area contributed by atoms with Crippen molar-refractivity contribution in [2.45, 2.75) is 57.6 Å². The Bertz CT molecular complexity index is 1510. The van der Waals surface area contributed by atoms with Gasteiger partial charge in [0.05, 0.1) is 12.9 Å². The van der Waals surface area contributed by atoms with Crippen LogP contribution in [0.4, 0.5) is 4.79 Å². The van der Waals surface area contributed by atoms with Gasteiger partial charge in [-0.1, -0.05) is 119 Å². The fourth-order valence-corrected chi connectivity index (χ4v) is 5.15. The number of rotatable bonds is 14. The van der Waals surface area contributed by atoms with E-state index in [1.54, 1.807) is 6.20 Å². The van der Waals surface area contributed by atoms with E-state index in [1.165, 1.54) is 11.2 Å². The molecule has 0 aliphatic rings. The maximum atomic E-state index is 14.3. The normalized spacial score (nSPS) is 12.2. The van der Waals surface area contributed by atoms with Crippen molar-refractivity contribution in [1.82, 2.24) is 25.5 Å². The van der Waals surface area contributed by atoms with Gasteiger partial charge in [-0.2, -0.15) is 0 Å². The summed E-state index contributed by atoms with van der Waals surface area (Å²) in [5, 5.41) is 5.79. The Kier molecular flexibility index (Phi) is 11.1. The predicted molar refractivity (Wildman–Crippen MR) is 174 cm³/mol. The lowest BCUT2D eigenvalue weighted by molar-refractivity contribution is -0.138. The van der Waals surface area contributed by atoms with Crippen molar-refractivity contribution in [1.29, 1.82) is 0 Å². The minimum atomic E-state index is -1.01. The molecule has 4 rings (SSSR count). The molecule has 0 bridgehead atoms. The molecule has 0 fully saturated rings. The Morgan fingerprint density at radius 3 is 2.00 bits per heavy atom. The van der Waals surface area contributed by atoms with Crippen LogP contribution >= 0.6 is 0 Å². The third kappa shape index (κ3) is 9.79. The number of amides is 3. The number of H-pyrrole nitrogens is 1. The van der Waals surface area contributed by atoms with E-state index in [9.17, 15) is 14.4 Å². The topological polar surface area (TPSA) is 116 Å². The highest BCUT2D eigenvalue weighted by Crippen LogP contribution is 2.25. The standard InChI is InChI=1S/C36H43N5O4/c1-35(2,28-16-10-6-11-17-28)24-38-32(42)22-41(25-36(3,4)29-18-12-7-13-19-29)33(43)31(20-30-21-37-26-39-30)40-34(44)45-23-27-14-8-5-9-15-27/h5-19,21,26,31H,20,22-25H2,1-4H3,(H,37,39)(H,38,42)(H,40,44). The van der Waals surface area contributed by atoms with Crippen LogP contribution in [-0.2, 0) is 38.2 Å². The van der Waals surface area contributed by atoms with Gasteiger partial charge in [0.15, 0.2) is 0 Å². The molecule has 0 aliphatic carbocycles. The van der Waals surface area contributed by atoms with Crippen molar-refractivity contribution in [2.75, 3.05) is 19.6 Å². The van der Waals surface area contributed by atoms with Crippen molar-refractivity contribution < 1.29 is 19.1 Å². The Morgan fingerprint density at radius 1 is 0.844 bits per heavy atom. The van der Waals surface area contributed by atoms with Gasteiger partial charge in [-0.15, -0.1) is 0 Å². The van der Waals surface area contributed by atoms with E-state index in [2.05, 4.69) is 34.4 Å². The Balaban J connectivity index is 1.53. The first kappa shape index (κ1) is 33.0. The molecule has 45 heavy (non-hydrogen) atoms. The van der Waals surface area contributed by atoms with E-state index in [0.29, 0.717) is 12.2 Å². The quantitative estimate of drug-likeness (QED) is 0.183. The second kappa shape index (κ2) is 15.2. The van der Waals surface area contributed by atoms with Gasteiger partial charge < -0.3 is 25.3 Å². The molecule has 1 heterocycles. The van der Waals surface area contributed by atoms with Crippen LogP contribution in [0.5, 0.6) is 0 Å². The van der Waals surface area contributed by atoms with Crippen LogP contribution in [0.15, 0.2) is 104 Å². The van der Waals surface area contributed by atoms with Crippen LogP contribution in [0.3, 0.4) is 0 Å². The molecule has 3 amide bonds. The number of hydrogen-bond donors (Lipinski definition) is 3. The number of hydrogen-bond acceptors (Lipinski definition) is 5. The number of ether oxygens (including phenoxy) is 1. The number of carbonyl (C=O) groups excluding carboxylic acids is 3. The smallest absolute Gasteiger partial charge is 0.408 e. The molecule has 0 aliphatic heterocycles.